The molecule has 1 fully saturated rings. The predicted molar refractivity (Wildman–Crippen MR) is 58.3 cm³/mol. The van der Waals surface area contributed by atoms with Crippen molar-refractivity contribution in [2.24, 2.45) is 5.92 Å². The largest absolute Gasteiger partial charge is 0.310 e. The molecule has 0 aliphatic carbocycles. The third kappa shape index (κ3) is 3.28. The lowest BCUT2D eigenvalue weighted by molar-refractivity contribution is 0.206. The van der Waals surface area contributed by atoms with E-state index in [-0.39, 0.29) is 0 Å². The molecule has 15 heavy (non-hydrogen) atoms. The molecule has 0 bridgehead atoms. The summed E-state index contributed by atoms with van der Waals surface area (Å²) in [7, 11) is 2.20. The molecule has 5 nitrogen and oxygen atoms in total. The molecule has 0 saturated carbocycles. The van der Waals surface area contributed by atoms with Crippen molar-refractivity contribution in [2.75, 3.05) is 26.7 Å². The van der Waals surface area contributed by atoms with Crippen molar-refractivity contribution in [3.8, 4) is 0 Å². The van der Waals surface area contributed by atoms with E-state index in [2.05, 4.69) is 32.4 Å². The van der Waals surface area contributed by atoms with E-state index < -0.39 is 0 Å². The number of hydrogen-bond acceptors (Lipinski definition) is 4. The molecule has 1 aromatic heterocycles. The summed E-state index contributed by atoms with van der Waals surface area (Å²) < 4.78 is 0. The van der Waals surface area contributed by atoms with Gasteiger partial charge in [-0.1, -0.05) is 0 Å². The zero-order valence-corrected chi connectivity index (χ0v) is 9.24. The molecule has 0 amide bonds. The Morgan fingerprint density at radius 3 is 3.33 bits per heavy atom. The van der Waals surface area contributed by atoms with Crippen LogP contribution in [-0.2, 0) is 6.54 Å². The van der Waals surface area contributed by atoms with Crippen LogP contribution in [0.1, 0.15) is 18.7 Å². The van der Waals surface area contributed by atoms with Crippen molar-refractivity contribution in [3.63, 3.8) is 0 Å². The van der Waals surface area contributed by atoms with Crippen molar-refractivity contribution >= 4 is 0 Å². The molecule has 1 aliphatic heterocycles. The lowest BCUT2D eigenvalue weighted by Gasteiger charge is -2.29. The van der Waals surface area contributed by atoms with Crippen LogP contribution >= 0.6 is 0 Å². The number of aromatic nitrogens is 3. The van der Waals surface area contributed by atoms with E-state index in [9.17, 15) is 0 Å². The molecule has 1 saturated heterocycles. The Labute approximate surface area is 90.3 Å². The maximum absolute atomic E-state index is 4.07. The third-order valence-corrected chi connectivity index (χ3v) is 2.91. The summed E-state index contributed by atoms with van der Waals surface area (Å²) >= 11 is 0. The average Bonchev–Trinajstić information content (AvgIpc) is 2.71. The minimum Gasteiger partial charge on any atom is -0.310 e. The van der Waals surface area contributed by atoms with Gasteiger partial charge in [0.2, 0.25) is 0 Å². The van der Waals surface area contributed by atoms with Crippen LogP contribution in [0.5, 0.6) is 0 Å². The summed E-state index contributed by atoms with van der Waals surface area (Å²) in [5.74, 6) is 1.70. The molecule has 84 valence electrons. The van der Waals surface area contributed by atoms with Crippen molar-refractivity contribution < 1.29 is 0 Å². The highest BCUT2D eigenvalue weighted by Crippen LogP contribution is 2.13. The molecule has 1 atom stereocenters. The van der Waals surface area contributed by atoms with Crippen molar-refractivity contribution in [1.82, 2.24) is 25.4 Å². The summed E-state index contributed by atoms with van der Waals surface area (Å²) in [6.07, 6.45) is 4.21. The van der Waals surface area contributed by atoms with Crippen LogP contribution in [0.2, 0.25) is 0 Å². The molecular formula is C10H19N5. The zero-order valence-electron chi connectivity index (χ0n) is 9.24. The van der Waals surface area contributed by atoms with Gasteiger partial charge in [-0.15, -0.1) is 0 Å². The molecule has 0 aromatic carbocycles. The van der Waals surface area contributed by atoms with E-state index in [1.54, 1.807) is 6.33 Å². The predicted octanol–water partition coefficient (Wildman–Crippen LogP) is 0.236. The number of hydrogen-bond donors (Lipinski definition) is 2. The molecular weight excluding hydrogens is 190 g/mol. The highest BCUT2D eigenvalue weighted by molar-refractivity contribution is 4.80. The summed E-state index contributed by atoms with van der Waals surface area (Å²) in [4.78, 5) is 6.48. The average molecular weight is 209 g/mol. The van der Waals surface area contributed by atoms with Crippen LogP contribution in [0.4, 0.5) is 0 Å². The second kappa shape index (κ2) is 5.23. The van der Waals surface area contributed by atoms with Gasteiger partial charge in [0.25, 0.3) is 0 Å². The second-order valence-electron chi connectivity index (χ2n) is 4.33. The first-order valence-electron chi connectivity index (χ1n) is 5.58. The molecule has 2 N–H and O–H groups in total. The highest BCUT2D eigenvalue weighted by Gasteiger charge is 2.16. The number of piperidine rings is 1. The summed E-state index contributed by atoms with van der Waals surface area (Å²) in [5.41, 5.74) is 0. The summed E-state index contributed by atoms with van der Waals surface area (Å²) in [5, 5.41) is 10.1. The number of likely N-dealkylation sites (tertiary alicyclic amines) is 1. The van der Waals surface area contributed by atoms with Gasteiger partial charge in [-0.05, 0) is 38.9 Å². The number of H-pyrrole nitrogens is 1. The Bertz CT molecular complexity index is 271. The fourth-order valence-corrected chi connectivity index (χ4v) is 2.15. The summed E-state index contributed by atoms with van der Waals surface area (Å²) in [6, 6.07) is 0. The first kappa shape index (κ1) is 10.6. The minimum atomic E-state index is 0.784. The number of nitrogens with zero attached hydrogens (tertiary/aromatic N) is 3. The first-order valence-corrected chi connectivity index (χ1v) is 5.58. The standard InChI is InChI=1S/C10H19N5/c1-15-4-2-3-9(7-15)5-11-6-10-12-8-13-14-10/h8-9,11H,2-7H2,1H3,(H,12,13,14). The molecule has 0 radical (unpaired) electrons. The van der Waals surface area contributed by atoms with Gasteiger partial charge in [-0.3, -0.25) is 5.10 Å². The van der Waals surface area contributed by atoms with E-state index >= 15 is 0 Å². The molecule has 1 aliphatic rings. The topological polar surface area (TPSA) is 56.8 Å². The van der Waals surface area contributed by atoms with Gasteiger partial charge in [0, 0.05) is 6.54 Å². The molecule has 1 aromatic rings. The zero-order chi connectivity index (χ0) is 10.5. The molecule has 5 heteroatoms. The minimum absolute atomic E-state index is 0.784. The quantitative estimate of drug-likeness (QED) is 0.745. The smallest absolute Gasteiger partial charge is 0.138 e. The van der Waals surface area contributed by atoms with Crippen LogP contribution in [-0.4, -0.2) is 46.8 Å². The number of rotatable bonds is 4. The van der Waals surface area contributed by atoms with Crippen LogP contribution in [0.3, 0.4) is 0 Å². The normalized spacial score (nSPS) is 23.1. The molecule has 2 rings (SSSR count). The Balaban J connectivity index is 1.65. The Hall–Kier alpha value is -0.940. The Morgan fingerprint density at radius 2 is 2.60 bits per heavy atom. The van der Waals surface area contributed by atoms with E-state index in [1.165, 1.54) is 25.9 Å². The maximum atomic E-state index is 4.07. The van der Waals surface area contributed by atoms with Crippen LogP contribution in [0.15, 0.2) is 6.33 Å². The SMILES string of the molecule is CN1CCCC(CNCc2ncn[nH]2)C1. The van der Waals surface area contributed by atoms with Crippen LogP contribution in [0, 0.1) is 5.92 Å². The van der Waals surface area contributed by atoms with Gasteiger partial charge in [0.1, 0.15) is 12.2 Å². The number of aromatic amines is 1. The molecule has 2 heterocycles. The number of nitrogens with one attached hydrogen (secondary N) is 2. The maximum Gasteiger partial charge on any atom is 0.138 e. The van der Waals surface area contributed by atoms with E-state index in [4.69, 9.17) is 0 Å². The molecule has 1 unspecified atom stereocenters. The highest BCUT2D eigenvalue weighted by atomic mass is 15.2. The van der Waals surface area contributed by atoms with Crippen LogP contribution in [0.25, 0.3) is 0 Å². The lowest BCUT2D eigenvalue weighted by Crippen LogP contribution is -2.37. The monoisotopic (exact) mass is 209 g/mol. The van der Waals surface area contributed by atoms with Gasteiger partial charge in [-0.2, -0.15) is 5.10 Å². The van der Waals surface area contributed by atoms with Crippen molar-refractivity contribution in [2.45, 2.75) is 19.4 Å². The fraction of sp³-hybridized carbons (Fsp3) is 0.800. The summed E-state index contributed by atoms with van der Waals surface area (Å²) in [6.45, 7) is 4.33. The Morgan fingerprint density at radius 1 is 1.67 bits per heavy atom. The fourth-order valence-electron chi connectivity index (χ4n) is 2.15. The van der Waals surface area contributed by atoms with Gasteiger partial charge in [-0.25, -0.2) is 4.98 Å². The first-order chi connectivity index (χ1) is 7.34. The van der Waals surface area contributed by atoms with Gasteiger partial charge < -0.3 is 10.2 Å². The van der Waals surface area contributed by atoms with Gasteiger partial charge >= 0.3 is 0 Å². The lowest BCUT2D eigenvalue weighted by atomic mass is 9.98. The molecule has 0 spiro atoms. The van der Waals surface area contributed by atoms with E-state index in [1.807, 2.05) is 0 Å². The van der Waals surface area contributed by atoms with Crippen molar-refractivity contribution in [1.29, 1.82) is 0 Å². The Kier molecular flexibility index (Phi) is 3.69. The second-order valence-corrected chi connectivity index (χ2v) is 4.33. The van der Waals surface area contributed by atoms with Gasteiger partial charge in [0.15, 0.2) is 0 Å². The third-order valence-electron chi connectivity index (χ3n) is 2.91. The van der Waals surface area contributed by atoms with Crippen molar-refractivity contribution in [3.05, 3.63) is 12.2 Å². The van der Waals surface area contributed by atoms with E-state index in [0.717, 1.165) is 24.8 Å². The van der Waals surface area contributed by atoms with E-state index in [0.29, 0.717) is 0 Å². The van der Waals surface area contributed by atoms with Crippen LogP contribution < -0.4 is 5.32 Å². The van der Waals surface area contributed by atoms with Gasteiger partial charge in [0.05, 0.1) is 6.54 Å².